The van der Waals surface area contributed by atoms with Crippen LogP contribution in [0.1, 0.15) is 61.2 Å². The topological polar surface area (TPSA) is 90.0 Å². The molecular weight excluding hydrogens is 374 g/mol. The van der Waals surface area contributed by atoms with Crippen molar-refractivity contribution in [2.45, 2.75) is 19.8 Å². The zero-order valence-corrected chi connectivity index (χ0v) is 16.3. The first kappa shape index (κ1) is 20.3. The highest BCUT2D eigenvalue weighted by Crippen LogP contribution is 2.25. The van der Waals surface area contributed by atoms with Crippen LogP contribution in [0.25, 0.3) is 0 Å². The van der Waals surface area contributed by atoms with E-state index in [1.165, 1.54) is 30.2 Å². The van der Waals surface area contributed by atoms with Crippen LogP contribution in [0.5, 0.6) is 5.75 Å². The number of Topliss-reactive ketones (excluding diaryl/α,β-unsaturated/α-hetero) is 1. The first-order valence-corrected chi connectivity index (χ1v) is 9.31. The van der Waals surface area contributed by atoms with Crippen LogP contribution in [0.2, 0.25) is 0 Å². The molecule has 0 spiro atoms. The highest BCUT2D eigenvalue weighted by molar-refractivity contribution is 6.22. The Kier molecular flexibility index (Phi) is 6.07. The second kappa shape index (κ2) is 8.68. The summed E-state index contributed by atoms with van der Waals surface area (Å²) in [7, 11) is 1.49. The Morgan fingerprint density at radius 1 is 0.966 bits per heavy atom. The lowest BCUT2D eigenvalue weighted by molar-refractivity contribution is 0.0474. The molecule has 0 saturated carbocycles. The Hall–Kier alpha value is -3.48. The molecule has 0 saturated heterocycles. The van der Waals surface area contributed by atoms with Gasteiger partial charge in [0.15, 0.2) is 12.4 Å². The molecule has 1 aliphatic rings. The Morgan fingerprint density at radius 2 is 1.72 bits per heavy atom. The summed E-state index contributed by atoms with van der Waals surface area (Å²) in [5.74, 6) is -1.37. The van der Waals surface area contributed by atoms with Gasteiger partial charge < -0.3 is 9.47 Å². The van der Waals surface area contributed by atoms with Crippen molar-refractivity contribution in [3.05, 3.63) is 64.7 Å². The molecule has 0 bridgehead atoms. The number of hydrogen-bond donors (Lipinski definition) is 0. The third-order valence-corrected chi connectivity index (χ3v) is 4.67. The molecule has 7 heteroatoms. The van der Waals surface area contributed by atoms with Crippen molar-refractivity contribution < 1.29 is 28.7 Å². The highest BCUT2D eigenvalue weighted by atomic mass is 16.5. The molecule has 0 N–H and O–H groups in total. The number of fused-ring (bicyclic) bond motifs is 1. The van der Waals surface area contributed by atoms with Crippen molar-refractivity contribution >= 4 is 23.6 Å². The summed E-state index contributed by atoms with van der Waals surface area (Å²) in [6.07, 6.45) is 1.57. The number of benzene rings is 2. The smallest absolute Gasteiger partial charge is 0.338 e. The Balaban J connectivity index is 1.68. The summed E-state index contributed by atoms with van der Waals surface area (Å²) in [4.78, 5) is 50.6. The summed E-state index contributed by atoms with van der Waals surface area (Å²) < 4.78 is 10.2. The fraction of sp³-hybridized carbons (Fsp3) is 0.273. The average Bonchev–Trinajstić information content (AvgIpc) is 2.99. The number of rotatable bonds is 8. The molecule has 3 rings (SSSR count). The van der Waals surface area contributed by atoms with Crippen molar-refractivity contribution in [2.24, 2.45) is 0 Å². The molecule has 1 heterocycles. The van der Waals surface area contributed by atoms with E-state index in [0.717, 1.165) is 6.42 Å². The van der Waals surface area contributed by atoms with Gasteiger partial charge >= 0.3 is 5.97 Å². The van der Waals surface area contributed by atoms with E-state index in [1.807, 2.05) is 6.92 Å². The Bertz CT molecular complexity index is 981. The third-order valence-electron chi connectivity index (χ3n) is 4.67. The number of imide groups is 1. The molecule has 2 amide bonds. The molecule has 150 valence electrons. The second-order valence-corrected chi connectivity index (χ2v) is 6.61. The van der Waals surface area contributed by atoms with Gasteiger partial charge in [0.25, 0.3) is 11.8 Å². The number of methoxy groups -OCH3 is 1. The van der Waals surface area contributed by atoms with Gasteiger partial charge in [-0.1, -0.05) is 25.5 Å². The normalized spacial score (nSPS) is 12.7. The van der Waals surface area contributed by atoms with Crippen molar-refractivity contribution in [1.82, 2.24) is 4.90 Å². The predicted molar refractivity (Wildman–Crippen MR) is 104 cm³/mol. The molecule has 2 aromatic carbocycles. The van der Waals surface area contributed by atoms with E-state index in [9.17, 15) is 19.2 Å². The van der Waals surface area contributed by atoms with Crippen LogP contribution < -0.4 is 4.74 Å². The molecular formula is C22H21NO6. The van der Waals surface area contributed by atoms with Crippen LogP contribution in [0.3, 0.4) is 0 Å². The number of ether oxygens (including phenoxy) is 2. The van der Waals surface area contributed by atoms with E-state index < -0.39 is 18.5 Å². The third kappa shape index (κ3) is 4.18. The second-order valence-electron chi connectivity index (χ2n) is 6.61. The van der Waals surface area contributed by atoms with Gasteiger partial charge in [-0.3, -0.25) is 19.3 Å². The van der Waals surface area contributed by atoms with Crippen LogP contribution in [-0.2, 0) is 4.74 Å². The van der Waals surface area contributed by atoms with Crippen LogP contribution in [0.4, 0.5) is 0 Å². The monoisotopic (exact) mass is 395 g/mol. The quantitative estimate of drug-likeness (QED) is 0.388. The molecule has 2 aromatic rings. The van der Waals surface area contributed by atoms with Crippen molar-refractivity contribution in [1.29, 1.82) is 0 Å². The molecule has 7 nitrogen and oxygen atoms in total. The van der Waals surface area contributed by atoms with Gasteiger partial charge in [0.05, 0.1) is 23.8 Å². The zero-order valence-electron chi connectivity index (χ0n) is 16.3. The van der Waals surface area contributed by atoms with Gasteiger partial charge in [-0.25, -0.2) is 4.79 Å². The summed E-state index contributed by atoms with van der Waals surface area (Å²) in [5.41, 5.74) is 0.925. The summed E-state index contributed by atoms with van der Waals surface area (Å²) in [6.45, 7) is 1.87. The van der Waals surface area contributed by atoms with Crippen molar-refractivity contribution in [3.8, 4) is 5.75 Å². The molecule has 1 aliphatic heterocycles. The van der Waals surface area contributed by atoms with Gasteiger partial charge in [0.2, 0.25) is 0 Å². The van der Waals surface area contributed by atoms with Gasteiger partial charge in [-0.2, -0.15) is 0 Å². The number of nitrogens with zero attached hydrogens (tertiary/aromatic N) is 1. The van der Waals surface area contributed by atoms with Gasteiger partial charge in [-0.15, -0.1) is 0 Å². The highest BCUT2D eigenvalue weighted by Gasteiger charge is 2.35. The molecule has 0 aromatic heterocycles. The maximum atomic E-state index is 12.5. The maximum Gasteiger partial charge on any atom is 0.338 e. The lowest BCUT2D eigenvalue weighted by Gasteiger charge is -2.12. The summed E-state index contributed by atoms with van der Waals surface area (Å²) >= 11 is 0. The van der Waals surface area contributed by atoms with E-state index in [-0.39, 0.29) is 28.4 Å². The molecule has 0 unspecified atom stereocenters. The van der Waals surface area contributed by atoms with Crippen LogP contribution in [0, 0.1) is 0 Å². The number of hydrogen-bond acceptors (Lipinski definition) is 6. The van der Waals surface area contributed by atoms with E-state index >= 15 is 0 Å². The van der Waals surface area contributed by atoms with Crippen LogP contribution in [0.15, 0.2) is 42.5 Å². The Labute approximate surface area is 168 Å². The number of carbonyl (C=O) groups excluding carboxylic acids is 4. The van der Waals surface area contributed by atoms with Crippen LogP contribution in [-0.4, -0.2) is 48.7 Å². The van der Waals surface area contributed by atoms with E-state index in [4.69, 9.17) is 9.47 Å². The van der Waals surface area contributed by atoms with Gasteiger partial charge in [0.1, 0.15) is 5.75 Å². The molecule has 0 atom stereocenters. The minimum Gasteiger partial charge on any atom is -0.497 e. The van der Waals surface area contributed by atoms with Crippen molar-refractivity contribution in [2.75, 3.05) is 20.3 Å². The van der Waals surface area contributed by atoms with Gasteiger partial charge in [-0.05, 0) is 36.8 Å². The number of esters is 1. The van der Waals surface area contributed by atoms with E-state index in [1.54, 1.807) is 24.3 Å². The number of carbonyl (C=O) groups is 4. The van der Waals surface area contributed by atoms with Gasteiger partial charge in [0, 0.05) is 12.1 Å². The standard InChI is InChI=1S/C22H21NO6/c1-3-4-10-23-20(25)17-9-8-15(12-18(17)21(23)26)22(27)29-13-19(24)14-6-5-7-16(11-14)28-2/h5-9,11-12H,3-4,10,13H2,1-2H3. The lowest BCUT2D eigenvalue weighted by atomic mass is 10.1. The van der Waals surface area contributed by atoms with Crippen LogP contribution >= 0.6 is 0 Å². The first-order chi connectivity index (χ1) is 14.0. The average molecular weight is 395 g/mol. The number of unbranched alkanes of at least 4 members (excludes halogenated alkanes) is 1. The first-order valence-electron chi connectivity index (χ1n) is 9.31. The predicted octanol–water partition coefficient (Wildman–Crippen LogP) is 3.13. The SMILES string of the molecule is CCCCN1C(=O)c2ccc(C(=O)OCC(=O)c3cccc(OC)c3)cc2C1=O. The summed E-state index contributed by atoms with van der Waals surface area (Å²) in [6, 6.07) is 10.7. The zero-order chi connectivity index (χ0) is 21.0. The summed E-state index contributed by atoms with van der Waals surface area (Å²) in [5, 5.41) is 0. The van der Waals surface area contributed by atoms with Crippen molar-refractivity contribution in [3.63, 3.8) is 0 Å². The Morgan fingerprint density at radius 3 is 2.45 bits per heavy atom. The number of ketones is 1. The maximum absolute atomic E-state index is 12.5. The fourth-order valence-corrected chi connectivity index (χ4v) is 3.03. The lowest BCUT2D eigenvalue weighted by Crippen LogP contribution is -2.30. The molecule has 0 radical (unpaired) electrons. The fourth-order valence-electron chi connectivity index (χ4n) is 3.03. The molecule has 0 aliphatic carbocycles. The molecule has 29 heavy (non-hydrogen) atoms. The van der Waals surface area contributed by atoms with E-state index in [2.05, 4.69) is 0 Å². The molecule has 0 fully saturated rings. The number of amides is 2. The van der Waals surface area contributed by atoms with E-state index in [0.29, 0.717) is 24.3 Å². The minimum atomic E-state index is -0.740. The largest absolute Gasteiger partial charge is 0.497 e. The minimum absolute atomic E-state index is 0.112.